The molecule has 0 saturated carbocycles. The Balaban J connectivity index is 1.48. The molecule has 6 nitrogen and oxygen atoms in total. The summed E-state index contributed by atoms with van der Waals surface area (Å²) in [6, 6.07) is 2.03. The van der Waals surface area contributed by atoms with Crippen LogP contribution in [-0.2, 0) is 28.8 Å². The number of fused-ring (bicyclic) bond motifs is 1. The Bertz CT molecular complexity index is 772. The van der Waals surface area contributed by atoms with Gasteiger partial charge in [-0.3, -0.25) is 4.79 Å². The molecule has 0 spiro atoms. The smallest absolute Gasteiger partial charge is 0.227 e. The molecule has 138 valence electrons. The summed E-state index contributed by atoms with van der Waals surface area (Å²) in [5, 5.41) is 4.07. The van der Waals surface area contributed by atoms with Crippen LogP contribution in [0.2, 0.25) is 0 Å². The topological polar surface area (TPSA) is 58.6 Å². The van der Waals surface area contributed by atoms with Crippen LogP contribution in [0.5, 0.6) is 0 Å². The monoisotopic (exact) mass is 372 g/mol. The van der Waals surface area contributed by atoms with Crippen molar-refractivity contribution in [3.8, 4) is 0 Å². The molecule has 0 aromatic carbocycles. The number of anilines is 1. The highest BCUT2D eigenvalue weighted by Gasteiger charge is 2.23. The van der Waals surface area contributed by atoms with E-state index in [0.29, 0.717) is 6.42 Å². The number of thiophene rings is 1. The van der Waals surface area contributed by atoms with Gasteiger partial charge in [-0.25, -0.2) is 9.97 Å². The highest BCUT2D eigenvalue weighted by molar-refractivity contribution is 7.08. The van der Waals surface area contributed by atoms with Crippen molar-refractivity contribution in [1.29, 1.82) is 0 Å². The molecule has 1 amide bonds. The molecule has 0 bridgehead atoms. The zero-order chi connectivity index (χ0) is 17.9. The molecule has 0 N–H and O–H groups in total. The van der Waals surface area contributed by atoms with Gasteiger partial charge in [-0.05, 0) is 41.3 Å². The Labute approximate surface area is 157 Å². The molecule has 2 aliphatic heterocycles. The molecule has 1 fully saturated rings. The van der Waals surface area contributed by atoms with Crippen LogP contribution >= 0.6 is 11.3 Å². The highest BCUT2D eigenvalue weighted by Crippen LogP contribution is 2.21. The first-order chi connectivity index (χ1) is 12.7. The van der Waals surface area contributed by atoms with Gasteiger partial charge in [-0.15, -0.1) is 0 Å². The predicted molar refractivity (Wildman–Crippen MR) is 102 cm³/mol. The van der Waals surface area contributed by atoms with Crippen molar-refractivity contribution in [2.45, 2.75) is 26.2 Å². The lowest BCUT2D eigenvalue weighted by Gasteiger charge is -2.27. The summed E-state index contributed by atoms with van der Waals surface area (Å²) in [6.45, 7) is 6.67. The van der Waals surface area contributed by atoms with E-state index in [1.165, 1.54) is 5.56 Å². The van der Waals surface area contributed by atoms with Crippen LogP contribution in [0.1, 0.15) is 22.5 Å². The zero-order valence-corrected chi connectivity index (χ0v) is 15.9. The average molecular weight is 372 g/mol. The number of amides is 1. The molecule has 4 rings (SSSR count). The van der Waals surface area contributed by atoms with Gasteiger partial charge in [-0.1, -0.05) is 0 Å². The lowest BCUT2D eigenvalue weighted by molar-refractivity contribution is -0.130. The van der Waals surface area contributed by atoms with Crippen LogP contribution in [0.3, 0.4) is 0 Å². The number of carbonyl (C=O) groups excluding carboxylic acids is 1. The number of carbonyl (C=O) groups is 1. The van der Waals surface area contributed by atoms with Gasteiger partial charge in [0.25, 0.3) is 0 Å². The molecule has 0 radical (unpaired) electrons. The lowest BCUT2D eigenvalue weighted by Crippen LogP contribution is -2.37. The molecule has 26 heavy (non-hydrogen) atoms. The fourth-order valence-electron chi connectivity index (χ4n) is 3.60. The molecular weight excluding hydrogens is 348 g/mol. The molecular formula is C19H24N4O2S. The SMILES string of the molecule is Cc1nc(N2CCOCC2)nc2c1CCN(C(=O)Cc1ccsc1)CC2. The minimum Gasteiger partial charge on any atom is -0.378 e. The third kappa shape index (κ3) is 3.73. The van der Waals surface area contributed by atoms with Crippen LogP contribution in [0.15, 0.2) is 16.8 Å². The summed E-state index contributed by atoms with van der Waals surface area (Å²) in [5.74, 6) is 1.01. The standard InChI is InChI=1S/C19H24N4O2S/c1-14-16-2-5-22(18(24)12-15-4-11-26-13-15)6-3-17(16)21-19(20-14)23-7-9-25-10-8-23/h4,11,13H,2-3,5-10,12H2,1H3. The van der Waals surface area contributed by atoms with Gasteiger partial charge in [0.15, 0.2) is 0 Å². The summed E-state index contributed by atoms with van der Waals surface area (Å²) >= 11 is 1.64. The fourth-order valence-corrected chi connectivity index (χ4v) is 4.27. The van der Waals surface area contributed by atoms with Crippen molar-refractivity contribution >= 4 is 23.2 Å². The largest absolute Gasteiger partial charge is 0.378 e. The number of ether oxygens (including phenoxy) is 1. The van der Waals surface area contributed by atoms with E-state index >= 15 is 0 Å². The van der Waals surface area contributed by atoms with Gasteiger partial charge in [0.2, 0.25) is 11.9 Å². The average Bonchev–Trinajstić information content (AvgIpc) is 3.06. The van der Waals surface area contributed by atoms with Crippen molar-refractivity contribution in [3.63, 3.8) is 0 Å². The molecule has 0 atom stereocenters. The number of aromatic nitrogens is 2. The third-order valence-electron chi connectivity index (χ3n) is 5.12. The van der Waals surface area contributed by atoms with Crippen molar-refractivity contribution in [2.75, 3.05) is 44.3 Å². The summed E-state index contributed by atoms with van der Waals surface area (Å²) in [4.78, 5) is 26.4. The van der Waals surface area contributed by atoms with Gasteiger partial charge in [-0.2, -0.15) is 11.3 Å². The molecule has 7 heteroatoms. The van der Waals surface area contributed by atoms with Gasteiger partial charge in [0, 0.05) is 38.3 Å². The fraction of sp³-hybridized carbons (Fsp3) is 0.526. The summed E-state index contributed by atoms with van der Waals surface area (Å²) in [7, 11) is 0. The molecule has 0 aliphatic carbocycles. The summed E-state index contributed by atoms with van der Waals surface area (Å²) < 4.78 is 5.43. The third-order valence-corrected chi connectivity index (χ3v) is 5.85. The zero-order valence-electron chi connectivity index (χ0n) is 15.1. The van der Waals surface area contributed by atoms with Gasteiger partial charge >= 0.3 is 0 Å². The molecule has 0 unspecified atom stereocenters. The van der Waals surface area contributed by atoms with E-state index in [2.05, 4.69) is 17.2 Å². The number of aryl methyl sites for hydroxylation is 1. The van der Waals surface area contributed by atoms with Crippen molar-refractivity contribution in [3.05, 3.63) is 39.3 Å². The lowest BCUT2D eigenvalue weighted by atomic mass is 10.1. The van der Waals surface area contributed by atoms with Crippen molar-refractivity contribution < 1.29 is 9.53 Å². The van der Waals surface area contributed by atoms with E-state index in [-0.39, 0.29) is 5.91 Å². The van der Waals surface area contributed by atoms with Gasteiger partial charge < -0.3 is 14.5 Å². The Morgan fingerprint density at radius 3 is 2.77 bits per heavy atom. The Hall–Kier alpha value is -1.99. The van der Waals surface area contributed by atoms with E-state index in [4.69, 9.17) is 14.7 Å². The Morgan fingerprint density at radius 2 is 2.00 bits per heavy atom. The van der Waals surface area contributed by atoms with Crippen LogP contribution in [-0.4, -0.2) is 60.2 Å². The molecule has 4 heterocycles. The second-order valence-electron chi connectivity index (χ2n) is 6.82. The van der Waals surface area contributed by atoms with Crippen LogP contribution < -0.4 is 4.90 Å². The van der Waals surface area contributed by atoms with E-state index < -0.39 is 0 Å². The van der Waals surface area contributed by atoms with Crippen LogP contribution in [0.25, 0.3) is 0 Å². The van der Waals surface area contributed by atoms with E-state index in [0.717, 1.165) is 75.1 Å². The minimum atomic E-state index is 0.204. The molecule has 2 aliphatic rings. The maximum atomic E-state index is 12.6. The maximum absolute atomic E-state index is 12.6. The van der Waals surface area contributed by atoms with Gasteiger partial charge in [0.05, 0.1) is 25.3 Å². The second kappa shape index (κ2) is 7.72. The van der Waals surface area contributed by atoms with Crippen molar-refractivity contribution in [2.24, 2.45) is 0 Å². The Kier molecular flexibility index (Phi) is 5.17. The maximum Gasteiger partial charge on any atom is 0.227 e. The van der Waals surface area contributed by atoms with E-state index in [9.17, 15) is 4.79 Å². The van der Waals surface area contributed by atoms with Crippen LogP contribution in [0.4, 0.5) is 5.95 Å². The molecule has 1 saturated heterocycles. The minimum absolute atomic E-state index is 0.204. The first kappa shape index (κ1) is 17.4. The first-order valence-corrected chi connectivity index (χ1v) is 10.1. The number of morpholine rings is 1. The summed E-state index contributed by atoms with van der Waals surface area (Å²) in [5.41, 5.74) is 4.47. The molecule has 2 aromatic rings. The normalized spacial score (nSPS) is 17.7. The molecule has 2 aromatic heterocycles. The number of hydrogen-bond donors (Lipinski definition) is 0. The van der Waals surface area contributed by atoms with Crippen LogP contribution in [0, 0.1) is 6.92 Å². The van der Waals surface area contributed by atoms with E-state index in [1.807, 2.05) is 16.3 Å². The van der Waals surface area contributed by atoms with E-state index in [1.54, 1.807) is 11.3 Å². The number of hydrogen-bond acceptors (Lipinski definition) is 6. The second-order valence-corrected chi connectivity index (χ2v) is 7.60. The summed E-state index contributed by atoms with van der Waals surface area (Å²) in [6.07, 6.45) is 2.12. The van der Waals surface area contributed by atoms with Gasteiger partial charge in [0.1, 0.15) is 0 Å². The number of nitrogens with zero attached hydrogens (tertiary/aromatic N) is 4. The number of rotatable bonds is 3. The first-order valence-electron chi connectivity index (χ1n) is 9.18. The highest BCUT2D eigenvalue weighted by atomic mass is 32.1. The predicted octanol–water partition coefficient (Wildman–Crippen LogP) is 1.85. The van der Waals surface area contributed by atoms with Crippen molar-refractivity contribution in [1.82, 2.24) is 14.9 Å². The Morgan fingerprint density at radius 1 is 1.19 bits per heavy atom. The quantitative estimate of drug-likeness (QED) is 0.823.